The van der Waals surface area contributed by atoms with Gasteiger partial charge in [-0.1, -0.05) is 11.6 Å². The zero-order valence-electron chi connectivity index (χ0n) is 43.4. The number of anilines is 2. The summed E-state index contributed by atoms with van der Waals surface area (Å²) >= 11 is 3.28. The van der Waals surface area contributed by atoms with Crippen LogP contribution in [0, 0.1) is 6.57 Å². The van der Waals surface area contributed by atoms with Crippen molar-refractivity contribution < 1.29 is 9.47 Å². The molecular formula is C15H14B54BrN5O2. The van der Waals surface area contributed by atoms with Crippen LogP contribution in [-0.2, 0) is 0 Å². The average Bonchev–Trinajstić information content (AvgIpc) is 3.29. The molecule has 56 radical (unpaired) electrons. The van der Waals surface area contributed by atoms with Crippen molar-refractivity contribution in [2.24, 2.45) is 0 Å². The maximum Gasteiger partial charge on any atom is 0.272 e. The molecule has 0 saturated carbocycles. The lowest BCUT2D eigenvalue weighted by Gasteiger charge is -2.58. The molecule has 280 valence electrons. The summed E-state index contributed by atoms with van der Waals surface area (Å²) < 4.78 is 11.5. The van der Waals surface area contributed by atoms with Gasteiger partial charge in [0.2, 0.25) is 0 Å². The summed E-state index contributed by atoms with van der Waals surface area (Å²) in [4.78, 5) is 11.5. The third-order valence-corrected chi connectivity index (χ3v) is 14.6. The van der Waals surface area contributed by atoms with Crippen molar-refractivity contribution in [3.8, 4) is 11.5 Å². The lowest BCUT2D eigenvalue weighted by molar-refractivity contribution is 0.321. The van der Waals surface area contributed by atoms with Crippen LogP contribution in [0.5, 0.6) is 11.5 Å². The smallest absolute Gasteiger partial charge is 0.272 e. The van der Waals surface area contributed by atoms with Gasteiger partial charge >= 0.3 is 0 Å². The van der Waals surface area contributed by atoms with Gasteiger partial charge in [0.1, 0.15) is 17.8 Å². The van der Waals surface area contributed by atoms with E-state index in [2.05, 4.69) is 41.4 Å². The zero-order valence-corrected chi connectivity index (χ0v) is 44.9. The molecular weight excluding hydrogens is 946 g/mol. The maximum atomic E-state index is 6.75. The second kappa shape index (κ2) is 35.4. The molecule has 2 aliphatic heterocycles. The van der Waals surface area contributed by atoms with E-state index in [0.29, 0.717) is 18.2 Å². The first kappa shape index (κ1) is 74.1. The minimum absolute atomic E-state index is 0.395. The van der Waals surface area contributed by atoms with Gasteiger partial charge in [-0.2, -0.15) is 0 Å². The van der Waals surface area contributed by atoms with Gasteiger partial charge in [0.15, 0.2) is 17.3 Å². The third-order valence-electron chi connectivity index (χ3n) is 14.2. The third kappa shape index (κ3) is 21.2. The van der Waals surface area contributed by atoms with Crippen LogP contribution in [0.2, 0.25) is 0 Å². The number of pyridine rings is 2. The normalized spacial score (nSPS) is 11.0. The highest BCUT2D eigenvalue weighted by molar-refractivity contribution is 9.10. The Hall–Kier alpha value is 0.976. The van der Waals surface area contributed by atoms with Crippen molar-refractivity contribution in [3.05, 3.63) is 40.3 Å². The molecule has 0 aliphatic carbocycles. The standard InChI is InChI=1S/C8H7N3O.C7H7BrN2O.B54/c1-9-7-3-2-6-8(11-7)10-4-5-12-6;8-6-2-1-5-7(10-6)9-3-4-11-5;1-29(2)43(30(3)4)50(44(31(5)6)32(7)8)53(49(41(25)26)42(27)28)54(51(45(33(9)10)34(11)12)46(35(13)14)36(15)16)52(47(37(17)18)38(19)20)48(39(21)22)40(23)24/h2-3H,4-5H2,(H,10,11);1-2H,3-4H2,(H,9,10);. The molecule has 0 saturated heterocycles. The monoisotopic (exact) mass is 970 g/mol. The summed E-state index contributed by atoms with van der Waals surface area (Å²) in [5, 5.41) is 6.20. The molecule has 0 amide bonds. The summed E-state index contributed by atoms with van der Waals surface area (Å²) in [7, 11) is 182. The Morgan fingerprint density at radius 1 is 0.351 bits per heavy atom. The fourth-order valence-corrected chi connectivity index (χ4v) is 11.6. The lowest BCUT2D eigenvalue weighted by atomic mass is 8.24. The molecule has 62 heteroatoms. The summed E-state index contributed by atoms with van der Waals surface area (Å²) in [5.41, 5.74) is 0. The molecule has 7 nitrogen and oxygen atoms in total. The SMILES string of the molecule is Brc1ccc2c(n1)NCCO2.[B]B([B])B(B([B])[B])B(B(B([B])[B])B([B])[B])B(B(B([B])[B])B([B])[B])B(B(B(B([B])[B])B([B])[B])B(B([B])[B])B([B])[B])B(B(B([B])[B])B([B])[B])B(B([B])[B])B([B])[B].[C-]#[N+]c1ccc2c(n1)NCCO2. The molecule has 2 aliphatic rings. The Labute approximate surface area is 519 Å². The van der Waals surface area contributed by atoms with Crippen LogP contribution in [0.15, 0.2) is 28.9 Å². The minimum Gasteiger partial charge on any atom is -0.488 e. The van der Waals surface area contributed by atoms with E-state index in [9.17, 15) is 0 Å². The Bertz CT molecular complexity index is 1890. The number of aromatic nitrogens is 2. The first-order chi connectivity index (χ1) is 35.8. The van der Waals surface area contributed by atoms with Crippen LogP contribution in [0.4, 0.5) is 17.5 Å². The van der Waals surface area contributed by atoms with E-state index in [1.54, 1.807) is 12.1 Å². The second-order valence-corrected chi connectivity index (χ2v) is 20.5. The Morgan fingerprint density at radius 3 is 0.818 bits per heavy atom. The summed E-state index contributed by atoms with van der Waals surface area (Å²) in [6.07, 6.45) is -35.1. The molecule has 0 aromatic carbocycles. The number of nitrogens with one attached hydrogen (secondary N) is 2. The van der Waals surface area contributed by atoms with E-state index < -0.39 is 166 Å². The molecule has 77 heavy (non-hydrogen) atoms. The number of halogens is 1. The molecule has 2 aromatic rings. The van der Waals surface area contributed by atoms with Crippen molar-refractivity contribution in [1.29, 1.82) is 0 Å². The number of nitrogens with zero attached hydrogens (tertiary/aromatic N) is 3. The van der Waals surface area contributed by atoms with Crippen LogP contribution in [0.25, 0.3) is 4.85 Å². The molecule has 0 bridgehead atoms. The molecule has 4 heterocycles. The molecule has 2 N–H and O–H groups in total. The van der Waals surface area contributed by atoms with E-state index in [4.69, 9.17) is 233 Å². The van der Waals surface area contributed by atoms with E-state index in [1.807, 2.05) is 12.1 Å². The molecule has 2 aromatic heterocycles. The summed E-state index contributed by atoms with van der Waals surface area (Å²) in [6.45, 7) is 9.71. The van der Waals surface area contributed by atoms with Crippen molar-refractivity contribution >= 4 is 416 Å². The number of hydrogen-bond donors (Lipinski definition) is 2. The van der Waals surface area contributed by atoms with E-state index in [-0.39, 0.29) is 0 Å². The van der Waals surface area contributed by atoms with E-state index in [0.717, 1.165) is 41.6 Å². The Balaban J connectivity index is 0.000000698. The van der Waals surface area contributed by atoms with Gasteiger partial charge in [-0.05, 0) is 40.2 Å². The highest BCUT2D eigenvalue weighted by Gasteiger charge is 2.61. The largest absolute Gasteiger partial charge is 0.488 e. The molecule has 0 unspecified atom stereocenters. The molecule has 0 spiro atoms. The zero-order chi connectivity index (χ0) is 59.1. The quantitative estimate of drug-likeness (QED) is 0.0587. The van der Waals surface area contributed by atoms with Crippen LogP contribution in [-0.4, -0.2) is 419 Å². The van der Waals surface area contributed by atoms with Crippen LogP contribution in [0.1, 0.15) is 0 Å². The van der Waals surface area contributed by atoms with Crippen molar-refractivity contribution in [2.75, 3.05) is 36.9 Å². The highest BCUT2D eigenvalue weighted by atomic mass is 79.9. The average molecular weight is 960 g/mol. The molecule has 0 atom stereocenters. The van der Waals surface area contributed by atoms with Crippen molar-refractivity contribution in [1.82, 2.24) is 9.97 Å². The van der Waals surface area contributed by atoms with Crippen molar-refractivity contribution in [3.63, 3.8) is 0 Å². The second-order valence-electron chi connectivity index (χ2n) is 19.7. The van der Waals surface area contributed by atoms with Crippen LogP contribution >= 0.6 is 15.9 Å². The summed E-state index contributed by atoms with van der Waals surface area (Å²) in [6, 6.07) is 7.19. The topological polar surface area (TPSA) is 72.7 Å². The fraction of sp³-hybridized carbons (Fsp3) is 0.267. The van der Waals surface area contributed by atoms with Crippen molar-refractivity contribution in [2.45, 2.75) is 0 Å². The number of rotatable bonds is 25. The van der Waals surface area contributed by atoms with Gasteiger partial charge in [0.25, 0.3) is 11.6 Å². The number of hydrogen-bond acceptors (Lipinski definition) is 6. The van der Waals surface area contributed by atoms with Gasteiger partial charge in [-0.25, -0.2) is 4.98 Å². The van der Waals surface area contributed by atoms with Crippen LogP contribution < -0.4 is 20.1 Å². The van der Waals surface area contributed by atoms with Gasteiger partial charge < -0.3 is 25.0 Å². The Morgan fingerprint density at radius 2 is 0.571 bits per heavy atom. The minimum atomic E-state index is -1.44. The van der Waals surface area contributed by atoms with Crippen LogP contribution in [0.3, 0.4) is 0 Å². The molecule has 4 rings (SSSR count). The first-order valence-corrected chi connectivity index (χ1v) is 25.5. The predicted octanol–water partition coefficient (Wildman–Crippen LogP) is -17.5. The van der Waals surface area contributed by atoms with Gasteiger partial charge in [-0.15, -0.1) is 0 Å². The predicted molar refractivity (Wildman–Crippen MR) is 401 cm³/mol. The summed E-state index contributed by atoms with van der Waals surface area (Å²) in [5.74, 6) is 3.46. The van der Waals surface area contributed by atoms with Gasteiger partial charge in [-0.3, -0.25) is 0 Å². The van der Waals surface area contributed by atoms with E-state index >= 15 is 0 Å². The van der Waals surface area contributed by atoms with Gasteiger partial charge in [0, 0.05) is 383 Å². The number of ether oxygens (including phenoxy) is 2. The highest BCUT2D eigenvalue weighted by Crippen LogP contribution is 2.28. The Kier molecular flexibility index (Phi) is 34.1. The lowest BCUT2D eigenvalue weighted by Crippen LogP contribution is -2.96. The van der Waals surface area contributed by atoms with E-state index in [1.165, 1.54) is 0 Å². The molecule has 0 fully saturated rings. The first-order valence-electron chi connectivity index (χ1n) is 24.7. The van der Waals surface area contributed by atoms with Gasteiger partial charge in [0.05, 0.1) is 13.1 Å². The number of fused-ring (bicyclic) bond motifs is 2. The maximum absolute atomic E-state index is 6.75. The fourth-order valence-electron chi connectivity index (χ4n) is 11.3.